The Kier molecular flexibility index (Phi) is 8.90. The zero-order chi connectivity index (χ0) is 39.8. The van der Waals surface area contributed by atoms with E-state index in [1.807, 2.05) is 18.2 Å². The second-order valence-corrected chi connectivity index (χ2v) is 15.2. The van der Waals surface area contributed by atoms with E-state index in [9.17, 15) is 0 Å². The molecule has 0 saturated heterocycles. The minimum Gasteiger partial charge on any atom is -0.299 e. The maximum absolute atomic E-state index is 5.46. The molecular formula is C55H39N5. The standard InChI is InChI=1S/C55H39N5/c1-4-16-38(17-5-1)39-28-30-40(31-29-39)47-36-48(43-22-14-24-45(34-43)54-52(41-18-6-2-7-19-41)57-50-26-10-12-32-59(50)54)56-49(37-47)44-23-15-25-46(35-44)55-53(42-20-8-3-9-21-42)58-51-27-11-13-33-60(51)55/h1-2,4-8,10-37H,3,9H2. The Morgan fingerprint density at radius 3 is 1.42 bits per heavy atom. The zero-order valence-electron chi connectivity index (χ0n) is 32.9. The van der Waals surface area contributed by atoms with Crippen LogP contribution in [0.3, 0.4) is 0 Å². The number of allylic oxidation sites excluding steroid dienone is 4. The van der Waals surface area contributed by atoms with Crippen LogP contribution in [0.4, 0.5) is 0 Å². The third-order valence-electron chi connectivity index (χ3n) is 11.4. The monoisotopic (exact) mass is 769 g/mol. The normalized spacial score (nSPS) is 12.6. The molecule has 0 fully saturated rings. The van der Waals surface area contributed by atoms with Crippen molar-refractivity contribution in [3.8, 4) is 78.5 Å². The molecule has 0 N–H and O–H groups in total. The summed E-state index contributed by atoms with van der Waals surface area (Å²) in [5.41, 5.74) is 18.7. The lowest BCUT2D eigenvalue weighted by molar-refractivity contribution is 1.04. The summed E-state index contributed by atoms with van der Waals surface area (Å²) in [4.78, 5) is 15.7. The molecule has 284 valence electrons. The molecule has 0 atom stereocenters. The first-order valence-electron chi connectivity index (χ1n) is 20.5. The number of fused-ring (bicyclic) bond motifs is 2. The van der Waals surface area contributed by atoms with E-state index < -0.39 is 0 Å². The minimum absolute atomic E-state index is 0.893. The minimum atomic E-state index is 0.893. The number of imidazole rings is 2. The quantitative estimate of drug-likeness (QED) is 0.155. The maximum Gasteiger partial charge on any atom is 0.137 e. The summed E-state index contributed by atoms with van der Waals surface area (Å²) in [5.74, 6) is 0. The summed E-state index contributed by atoms with van der Waals surface area (Å²) in [7, 11) is 0. The van der Waals surface area contributed by atoms with Crippen LogP contribution >= 0.6 is 0 Å². The number of aromatic nitrogens is 5. The van der Waals surface area contributed by atoms with E-state index in [1.54, 1.807) is 0 Å². The van der Waals surface area contributed by atoms with Gasteiger partial charge in [-0.15, -0.1) is 0 Å². The van der Waals surface area contributed by atoms with Gasteiger partial charge in [-0.05, 0) is 89.2 Å². The third kappa shape index (κ3) is 6.52. The summed E-state index contributed by atoms with van der Waals surface area (Å²) in [6.07, 6.45) is 13.0. The van der Waals surface area contributed by atoms with Gasteiger partial charge in [0.25, 0.3) is 0 Å². The molecule has 10 aromatic rings. The average Bonchev–Trinajstić information content (AvgIpc) is 3.92. The lowest BCUT2D eigenvalue weighted by atomic mass is 9.95. The first-order chi connectivity index (χ1) is 29.7. The van der Waals surface area contributed by atoms with Crippen molar-refractivity contribution >= 4 is 16.9 Å². The van der Waals surface area contributed by atoms with Crippen molar-refractivity contribution in [3.63, 3.8) is 0 Å². The lowest BCUT2D eigenvalue weighted by Gasteiger charge is -2.14. The predicted molar refractivity (Wildman–Crippen MR) is 246 cm³/mol. The van der Waals surface area contributed by atoms with Gasteiger partial charge in [-0.2, -0.15) is 0 Å². The van der Waals surface area contributed by atoms with E-state index in [1.165, 1.54) is 11.1 Å². The molecule has 0 spiro atoms. The molecule has 0 amide bonds. The van der Waals surface area contributed by atoms with Crippen molar-refractivity contribution in [3.05, 3.63) is 218 Å². The van der Waals surface area contributed by atoms with E-state index in [-0.39, 0.29) is 0 Å². The van der Waals surface area contributed by atoms with Crippen molar-refractivity contribution in [2.45, 2.75) is 12.8 Å². The van der Waals surface area contributed by atoms with Gasteiger partial charge in [0.05, 0.1) is 34.2 Å². The van der Waals surface area contributed by atoms with Crippen molar-refractivity contribution in [1.82, 2.24) is 23.8 Å². The van der Waals surface area contributed by atoms with Gasteiger partial charge in [0.1, 0.15) is 11.3 Å². The van der Waals surface area contributed by atoms with Crippen molar-refractivity contribution < 1.29 is 0 Å². The Balaban J connectivity index is 1.07. The van der Waals surface area contributed by atoms with Gasteiger partial charge in [-0.3, -0.25) is 8.80 Å². The highest BCUT2D eigenvalue weighted by Gasteiger charge is 2.20. The Morgan fingerprint density at radius 1 is 0.350 bits per heavy atom. The number of hydrogen-bond donors (Lipinski definition) is 0. The van der Waals surface area contributed by atoms with Crippen molar-refractivity contribution in [2.75, 3.05) is 0 Å². The van der Waals surface area contributed by atoms with Gasteiger partial charge in [0.15, 0.2) is 0 Å². The highest BCUT2D eigenvalue weighted by molar-refractivity contribution is 5.88. The van der Waals surface area contributed by atoms with Crippen LogP contribution < -0.4 is 0 Å². The first kappa shape index (κ1) is 35.3. The molecule has 5 heterocycles. The molecular weight excluding hydrogens is 731 g/mol. The molecule has 0 radical (unpaired) electrons. The molecule has 1 aliphatic rings. The fraction of sp³-hybridized carbons (Fsp3) is 0.0364. The van der Waals surface area contributed by atoms with E-state index >= 15 is 0 Å². The largest absolute Gasteiger partial charge is 0.299 e. The number of hydrogen-bond acceptors (Lipinski definition) is 3. The molecule has 0 aliphatic heterocycles. The molecule has 0 unspecified atom stereocenters. The highest BCUT2D eigenvalue weighted by atomic mass is 15.0. The Morgan fingerprint density at radius 2 is 0.833 bits per heavy atom. The van der Waals surface area contributed by atoms with E-state index in [2.05, 4.69) is 203 Å². The Hall–Kier alpha value is -7.89. The number of benzene rings is 5. The van der Waals surface area contributed by atoms with Crippen LogP contribution in [0, 0.1) is 0 Å². The molecule has 60 heavy (non-hydrogen) atoms. The van der Waals surface area contributed by atoms with E-state index in [0.717, 1.165) is 103 Å². The van der Waals surface area contributed by atoms with Gasteiger partial charge in [0.2, 0.25) is 0 Å². The van der Waals surface area contributed by atoms with Gasteiger partial charge in [-0.1, -0.05) is 152 Å². The SMILES string of the molecule is C1=CC(c2nc3ccccn3c2-c2cccc(-c3cc(-c4ccc(-c5ccccc5)cc4)cc(-c4cccc(-c5c(-c6ccccc6)nc6ccccn56)c4)n3)c2)=CCC1. The fourth-order valence-corrected chi connectivity index (χ4v) is 8.46. The van der Waals surface area contributed by atoms with Gasteiger partial charge < -0.3 is 0 Å². The predicted octanol–water partition coefficient (Wildman–Crippen LogP) is 13.8. The van der Waals surface area contributed by atoms with Crippen LogP contribution in [0.25, 0.3) is 95.4 Å². The summed E-state index contributed by atoms with van der Waals surface area (Å²) in [6.45, 7) is 0. The highest BCUT2D eigenvalue weighted by Crippen LogP contribution is 2.38. The smallest absolute Gasteiger partial charge is 0.137 e. The molecule has 11 rings (SSSR count). The second-order valence-electron chi connectivity index (χ2n) is 15.2. The molecule has 0 bridgehead atoms. The number of nitrogens with zero attached hydrogens (tertiary/aromatic N) is 5. The molecule has 5 aromatic heterocycles. The van der Waals surface area contributed by atoms with Gasteiger partial charge >= 0.3 is 0 Å². The lowest BCUT2D eigenvalue weighted by Crippen LogP contribution is -1.95. The third-order valence-corrected chi connectivity index (χ3v) is 11.4. The topological polar surface area (TPSA) is 47.5 Å². The average molecular weight is 770 g/mol. The zero-order valence-corrected chi connectivity index (χ0v) is 32.9. The summed E-state index contributed by atoms with van der Waals surface area (Å²) >= 11 is 0. The number of pyridine rings is 3. The van der Waals surface area contributed by atoms with Crippen LogP contribution in [-0.2, 0) is 0 Å². The van der Waals surface area contributed by atoms with Crippen LogP contribution in [0.1, 0.15) is 18.5 Å². The summed E-state index contributed by atoms with van der Waals surface area (Å²) in [6, 6.07) is 64.1. The van der Waals surface area contributed by atoms with Gasteiger partial charge in [-0.25, -0.2) is 15.0 Å². The van der Waals surface area contributed by atoms with Crippen molar-refractivity contribution in [1.29, 1.82) is 0 Å². The molecule has 5 heteroatoms. The molecule has 0 saturated carbocycles. The van der Waals surface area contributed by atoms with Crippen LogP contribution in [-0.4, -0.2) is 23.8 Å². The fourth-order valence-electron chi connectivity index (χ4n) is 8.46. The van der Waals surface area contributed by atoms with Crippen LogP contribution in [0.5, 0.6) is 0 Å². The van der Waals surface area contributed by atoms with Crippen LogP contribution in [0.2, 0.25) is 0 Å². The number of rotatable bonds is 8. The Labute approximate surface area is 349 Å². The first-order valence-corrected chi connectivity index (χ1v) is 20.5. The van der Waals surface area contributed by atoms with E-state index in [4.69, 9.17) is 15.0 Å². The maximum atomic E-state index is 5.46. The summed E-state index contributed by atoms with van der Waals surface area (Å²) < 4.78 is 4.39. The van der Waals surface area contributed by atoms with Crippen LogP contribution in [0.15, 0.2) is 213 Å². The second kappa shape index (κ2) is 15.1. The van der Waals surface area contributed by atoms with Gasteiger partial charge in [0, 0.05) is 40.2 Å². The van der Waals surface area contributed by atoms with E-state index in [0.29, 0.717) is 0 Å². The molecule has 5 nitrogen and oxygen atoms in total. The summed E-state index contributed by atoms with van der Waals surface area (Å²) in [5, 5.41) is 0. The van der Waals surface area contributed by atoms with Crippen molar-refractivity contribution in [2.24, 2.45) is 0 Å². The molecule has 5 aromatic carbocycles. The Bertz CT molecular complexity index is 3240. The molecule has 1 aliphatic carbocycles.